The summed E-state index contributed by atoms with van der Waals surface area (Å²) < 4.78 is 5.26. The van der Waals surface area contributed by atoms with Crippen molar-refractivity contribution in [1.82, 2.24) is 0 Å². The summed E-state index contributed by atoms with van der Waals surface area (Å²) in [6.07, 6.45) is 3.77. The van der Waals surface area contributed by atoms with Gasteiger partial charge in [-0.2, -0.15) is 0 Å². The number of nitrogens with two attached hydrogens (primary N) is 1. The fraction of sp³-hybridized carbons (Fsp3) is 0.571. The molecule has 2 rings (SSSR count). The molecule has 0 spiro atoms. The van der Waals surface area contributed by atoms with Gasteiger partial charge in [0.1, 0.15) is 5.75 Å². The minimum absolute atomic E-state index is 0.535. The zero-order valence-electron chi connectivity index (χ0n) is 10.7. The van der Waals surface area contributed by atoms with Gasteiger partial charge in [0.15, 0.2) is 0 Å². The lowest BCUT2D eigenvalue weighted by molar-refractivity contribution is 0.411. The Bertz CT molecular complexity index is 378. The van der Waals surface area contributed by atoms with E-state index in [2.05, 4.69) is 24.4 Å². The standard InChI is InChI=1S/C14H22N2O/c1-10-8-12(6-7-14(10)17-2)16-13-5-3-4-11(13)9-15/h6-8,11,13,16H,3-5,9,15H2,1-2H3. The summed E-state index contributed by atoms with van der Waals surface area (Å²) in [5.41, 5.74) is 8.13. The fourth-order valence-corrected chi connectivity index (χ4v) is 2.69. The van der Waals surface area contributed by atoms with Gasteiger partial charge in [-0.05, 0) is 56.0 Å². The Labute approximate surface area is 103 Å². The van der Waals surface area contributed by atoms with Gasteiger partial charge in [0.05, 0.1) is 7.11 Å². The lowest BCUT2D eigenvalue weighted by atomic mass is 10.0. The second kappa shape index (κ2) is 5.41. The molecule has 0 amide bonds. The molecule has 0 radical (unpaired) electrons. The molecule has 0 saturated heterocycles. The van der Waals surface area contributed by atoms with Crippen molar-refractivity contribution in [2.45, 2.75) is 32.2 Å². The summed E-state index contributed by atoms with van der Waals surface area (Å²) in [6.45, 7) is 2.85. The van der Waals surface area contributed by atoms with Crippen molar-refractivity contribution >= 4 is 5.69 Å². The number of hydrogen-bond acceptors (Lipinski definition) is 3. The number of rotatable bonds is 4. The summed E-state index contributed by atoms with van der Waals surface area (Å²) in [5, 5.41) is 3.60. The molecule has 1 aliphatic rings. The summed E-state index contributed by atoms with van der Waals surface area (Å²) in [7, 11) is 1.71. The molecule has 17 heavy (non-hydrogen) atoms. The second-order valence-electron chi connectivity index (χ2n) is 4.86. The minimum atomic E-state index is 0.535. The van der Waals surface area contributed by atoms with Crippen molar-refractivity contribution in [2.75, 3.05) is 19.0 Å². The maximum atomic E-state index is 5.79. The largest absolute Gasteiger partial charge is 0.496 e. The predicted octanol–water partition coefficient (Wildman–Crippen LogP) is 2.54. The first-order valence-corrected chi connectivity index (χ1v) is 6.36. The van der Waals surface area contributed by atoms with E-state index in [1.807, 2.05) is 6.07 Å². The first-order valence-electron chi connectivity index (χ1n) is 6.36. The normalized spacial score (nSPS) is 23.7. The van der Waals surface area contributed by atoms with E-state index in [4.69, 9.17) is 10.5 Å². The van der Waals surface area contributed by atoms with E-state index in [9.17, 15) is 0 Å². The molecule has 1 aromatic rings. The predicted molar refractivity (Wildman–Crippen MR) is 71.5 cm³/mol. The van der Waals surface area contributed by atoms with Crippen LogP contribution in [-0.2, 0) is 0 Å². The van der Waals surface area contributed by atoms with Gasteiger partial charge in [0.25, 0.3) is 0 Å². The van der Waals surface area contributed by atoms with Gasteiger partial charge in [-0.3, -0.25) is 0 Å². The van der Waals surface area contributed by atoms with Crippen LogP contribution >= 0.6 is 0 Å². The SMILES string of the molecule is COc1ccc(NC2CCCC2CN)cc1C. The van der Waals surface area contributed by atoms with Crippen LogP contribution in [0.4, 0.5) is 5.69 Å². The fourth-order valence-electron chi connectivity index (χ4n) is 2.69. The number of methoxy groups -OCH3 is 1. The van der Waals surface area contributed by atoms with Crippen LogP contribution in [0.3, 0.4) is 0 Å². The topological polar surface area (TPSA) is 47.3 Å². The third kappa shape index (κ3) is 2.72. The van der Waals surface area contributed by atoms with Gasteiger partial charge < -0.3 is 15.8 Å². The zero-order valence-corrected chi connectivity index (χ0v) is 10.7. The van der Waals surface area contributed by atoms with Crippen molar-refractivity contribution in [3.8, 4) is 5.75 Å². The molecule has 3 N–H and O–H groups in total. The van der Waals surface area contributed by atoms with E-state index < -0.39 is 0 Å². The van der Waals surface area contributed by atoms with Gasteiger partial charge >= 0.3 is 0 Å². The molecule has 0 heterocycles. The molecule has 1 saturated carbocycles. The highest BCUT2D eigenvalue weighted by molar-refractivity contribution is 5.51. The molecule has 1 fully saturated rings. The molecule has 3 heteroatoms. The Kier molecular flexibility index (Phi) is 3.89. The Morgan fingerprint density at radius 3 is 2.88 bits per heavy atom. The maximum Gasteiger partial charge on any atom is 0.121 e. The molecular weight excluding hydrogens is 212 g/mol. The second-order valence-corrected chi connectivity index (χ2v) is 4.86. The summed E-state index contributed by atoms with van der Waals surface area (Å²) >= 11 is 0. The summed E-state index contributed by atoms with van der Waals surface area (Å²) in [4.78, 5) is 0. The molecule has 0 bridgehead atoms. The van der Waals surface area contributed by atoms with Crippen molar-refractivity contribution in [3.63, 3.8) is 0 Å². The first kappa shape index (κ1) is 12.2. The molecule has 2 unspecified atom stereocenters. The molecule has 0 aromatic heterocycles. The van der Waals surface area contributed by atoms with Crippen molar-refractivity contribution < 1.29 is 4.74 Å². The third-order valence-corrected chi connectivity index (χ3v) is 3.71. The lowest BCUT2D eigenvalue weighted by Crippen LogP contribution is -2.29. The molecule has 94 valence electrons. The van der Waals surface area contributed by atoms with Gasteiger partial charge in [-0.25, -0.2) is 0 Å². The molecular formula is C14H22N2O. The lowest BCUT2D eigenvalue weighted by Gasteiger charge is -2.21. The maximum absolute atomic E-state index is 5.79. The van der Waals surface area contributed by atoms with Gasteiger partial charge in [0, 0.05) is 11.7 Å². The van der Waals surface area contributed by atoms with Crippen LogP contribution < -0.4 is 15.8 Å². The Balaban J connectivity index is 2.05. The van der Waals surface area contributed by atoms with Crippen LogP contribution in [0.1, 0.15) is 24.8 Å². The van der Waals surface area contributed by atoms with Crippen molar-refractivity contribution in [2.24, 2.45) is 11.7 Å². The number of benzene rings is 1. The van der Waals surface area contributed by atoms with Crippen LogP contribution in [0.5, 0.6) is 5.75 Å². The quantitative estimate of drug-likeness (QED) is 0.841. The molecule has 2 atom stereocenters. The van der Waals surface area contributed by atoms with E-state index in [1.165, 1.54) is 30.5 Å². The molecule has 3 nitrogen and oxygen atoms in total. The Morgan fingerprint density at radius 1 is 1.41 bits per heavy atom. The number of anilines is 1. The number of aryl methyl sites for hydroxylation is 1. The van der Waals surface area contributed by atoms with Crippen LogP contribution in [0, 0.1) is 12.8 Å². The third-order valence-electron chi connectivity index (χ3n) is 3.71. The average molecular weight is 234 g/mol. The van der Waals surface area contributed by atoms with E-state index in [0.29, 0.717) is 12.0 Å². The van der Waals surface area contributed by atoms with Gasteiger partial charge in [0.2, 0.25) is 0 Å². The van der Waals surface area contributed by atoms with Crippen LogP contribution in [0.25, 0.3) is 0 Å². The van der Waals surface area contributed by atoms with Crippen LogP contribution in [-0.4, -0.2) is 19.7 Å². The molecule has 1 aliphatic carbocycles. The summed E-state index contributed by atoms with van der Waals surface area (Å²) in [6, 6.07) is 6.78. The van der Waals surface area contributed by atoms with Gasteiger partial charge in [-0.15, -0.1) is 0 Å². The van der Waals surface area contributed by atoms with E-state index in [-0.39, 0.29) is 0 Å². The first-order chi connectivity index (χ1) is 8.24. The Morgan fingerprint density at radius 2 is 2.24 bits per heavy atom. The van der Waals surface area contributed by atoms with Crippen LogP contribution in [0.15, 0.2) is 18.2 Å². The van der Waals surface area contributed by atoms with E-state index >= 15 is 0 Å². The summed E-state index contributed by atoms with van der Waals surface area (Å²) in [5.74, 6) is 1.56. The number of nitrogens with one attached hydrogen (secondary N) is 1. The van der Waals surface area contributed by atoms with E-state index in [0.717, 1.165) is 12.3 Å². The highest BCUT2D eigenvalue weighted by atomic mass is 16.5. The smallest absolute Gasteiger partial charge is 0.121 e. The highest BCUT2D eigenvalue weighted by Crippen LogP contribution is 2.29. The zero-order chi connectivity index (χ0) is 12.3. The van der Waals surface area contributed by atoms with Gasteiger partial charge in [-0.1, -0.05) is 6.42 Å². The Hall–Kier alpha value is -1.22. The van der Waals surface area contributed by atoms with E-state index in [1.54, 1.807) is 7.11 Å². The average Bonchev–Trinajstić information content (AvgIpc) is 2.76. The van der Waals surface area contributed by atoms with Crippen molar-refractivity contribution in [3.05, 3.63) is 23.8 Å². The molecule has 1 aromatic carbocycles. The molecule has 0 aliphatic heterocycles. The van der Waals surface area contributed by atoms with Crippen molar-refractivity contribution in [1.29, 1.82) is 0 Å². The highest BCUT2D eigenvalue weighted by Gasteiger charge is 2.25. The van der Waals surface area contributed by atoms with Crippen LogP contribution in [0.2, 0.25) is 0 Å². The minimum Gasteiger partial charge on any atom is -0.496 e. The number of hydrogen-bond donors (Lipinski definition) is 2. The number of ether oxygens (including phenoxy) is 1. The monoisotopic (exact) mass is 234 g/mol.